The Bertz CT molecular complexity index is 617. The van der Waals surface area contributed by atoms with Gasteiger partial charge in [-0.2, -0.15) is 13.2 Å². The smallest absolute Gasteiger partial charge is 0.446 e. The number of halogens is 4. The lowest BCUT2D eigenvalue weighted by atomic mass is 10.2. The van der Waals surface area contributed by atoms with E-state index in [0.29, 0.717) is 12.2 Å². The van der Waals surface area contributed by atoms with E-state index in [-0.39, 0.29) is 27.4 Å². The Balaban J connectivity index is 1.96. The van der Waals surface area contributed by atoms with Crippen molar-refractivity contribution in [3.05, 3.63) is 53.1 Å². The van der Waals surface area contributed by atoms with Gasteiger partial charge in [-0.3, -0.25) is 0 Å². The van der Waals surface area contributed by atoms with Crippen LogP contribution in [-0.4, -0.2) is 10.6 Å². The number of phenols is 1. The van der Waals surface area contributed by atoms with Crippen LogP contribution in [0, 0.1) is 0 Å². The average Bonchev–Trinajstić information content (AvgIpc) is 2.40. The molecule has 2 N–H and O–H groups in total. The molecule has 21 heavy (non-hydrogen) atoms. The zero-order valence-electron chi connectivity index (χ0n) is 10.6. The molecule has 0 aliphatic carbocycles. The van der Waals surface area contributed by atoms with Crippen molar-refractivity contribution in [2.75, 3.05) is 5.32 Å². The second-order valence-electron chi connectivity index (χ2n) is 4.21. The van der Waals surface area contributed by atoms with E-state index < -0.39 is 5.51 Å². The summed E-state index contributed by atoms with van der Waals surface area (Å²) in [5, 5.41) is 12.6. The molecule has 112 valence electrons. The Kier molecular flexibility index (Phi) is 4.90. The summed E-state index contributed by atoms with van der Waals surface area (Å²) in [6, 6.07) is 10.8. The van der Waals surface area contributed by atoms with Crippen LogP contribution in [0.2, 0.25) is 5.02 Å². The topological polar surface area (TPSA) is 32.3 Å². The van der Waals surface area contributed by atoms with Crippen molar-refractivity contribution in [1.29, 1.82) is 0 Å². The highest BCUT2D eigenvalue weighted by molar-refractivity contribution is 8.00. The predicted octanol–water partition coefficient (Wildman–Crippen LogP) is 5.27. The third-order valence-electron chi connectivity index (χ3n) is 2.60. The Labute approximate surface area is 128 Å². The molecule has 0 saturated carbocycles. The van der Waals surface area contributed by atoms with Crippen LogP contribution in [-0.2, 0) is 6.54 Å². The molecule has 0 unspecified atom stereocenters. The van der Waals surface area contributed by atoms with Crippen molar-refractivity contribution in [2.24, 2.45) is 0 Å². The van der Waals surface area contributed by atoms with Crippen LogP contribution in [0.1, 0.15) is 5.56 Å². The van der Waals surface area contributed by atoms with Gasteiger partial charge in [0, 0.05) is 17.1 Å². The number of rotatable bonds is 4. The Morgan fingerprint density at radius 3 is 2.33 bits per heavy atom. The van der Waals surface area contributed by atoms with Crippen LogP contribution in [0.3, 0.4) is 0 Å². The summed E-state index contributed by atoms with van der Waals surface area (Å²) >= 11 is 5.65. The number of phenolic OH excluding ortho intramolecular Hbond substituents is 1. The first-order chi connectivity index (χ1) is 9.83. The van der Waals surface area contributed by atoms with Crippen LogP contribution in [0.15, 0.2) is 47.4 Å². The predicted molar refractivity (Wildman–Crippen MR) is 78.8 cm³/mol. The third kappa shape index (κ3) is 5.06. The van der Waals surface area contributed by atoms with Gasteiger partial charge in [0.05, 0.1) is 5.02 Å². The summed E-state index contributed by atoms with van der Waals surface area (Å²) in [7, 11) is 0. The minimum absolute atomic E-state index is 0.00828. The number of hydrogen-bond donors (Lipinski definition) is 2. The van der Waals surface area contributed by atoms with Crippen LogP contribution < -0.4 is 5.32 Å². The molecule has 0 atom stereocenters. The quantitative estimate of drug-likeness (QED) is 0.748. The van der Waals surface area contributed by atoms with Gasteiger partial charge in [0.1, 0.15) is 5.75 Å². The summed E-state index contributed by atoms with van der Waals surface area (Å²) in [4.78, 5) is 0.140. The van der Waals surface area contributed by atoms with Gasteiger partial charge in [-0.25, -0.2) is 0 Å². The highest BCUT2D eigenvalue weighted by Gasteiger charge is 2.28. The Hall–Kier alpha value is -1.53. The molecule has 2 nitrogen and oxygen atoms in total. The fourth-order valence-electron chi connectivity index (χ4n) is 1.64. The number of anilines is 1. The molecule has 2 rings (SSSR count). The van der Waals surface area contributed by atoms with Gasteiger partial charge in [0.25, 0.3) is 0 Å². The zero-order chi connectivity index (χ0) is 15.5. The fourth-order valence-corrected chi connectivity index (χ4v) is 2.38. The number of aromatic hydroxyl groups is 1. The van der Waals surface area contributed by atoms with E-state index in [9.17, 15) is 18.3 Å². The molecular weight excluding hydrogens is 323 g/mol. The number of benzene rings is 2. The zero-order valence-corrected chi connectivity index (χ0v) is 12.2. The molecule has 7 heteroatoms. The van der Waals surface area contributed by atoms with Gasteiger partial charge in [-0.15, -0.1) is 0 Å². The molecule has 0 aromatic heterocycles. The fraction of sp³-hybridized carbons (Fsp3) is 0.143. The van der Waals surface area contributed by atoms with E-state index >= 15 is 0 Å². The van der Waals surface area contributed by atoms with E-state index in [0.717, 1.165) is 5.56 Å². The minimum atomic E-state index is -4.28. The molecule has 2 aromatic carbocycles. The number of alkyl halides is 3. The van der Waals surface area contributed by atoms with Crippen molar-refractivity contribution >= 4 is 29.1 Å². The average molecular weight is 334 g/mol. The van der Waals surface area contributed by atoms with Crippen molar-refractivity contribution in [3.8, 4) is 5.75 Å². The Morgan fingerprint density at radius 1 is 1.10 bits per heavy atom. The monoisotopic (exact) mass is 333 g/mol. The molecule has 0 radical (unpaired) electrons. The first kappa shape index (κ1) is 15.9. The Morgan fingerprint density at radius 2 is 1.76 bits per heavy atom. The molecule has 0 bridgehead atoms. The highest BCUT2D eigenvalue weighted by Crippen LogP contribution is 2.37. The molecule has 0 heterocycles. The maximum atomic E-state index is 12.2. The van der Waals surface area contributed by atoms with Crippen molar-refractivity contribution in [3.63, 3.8) is 0 Å². The van der Waals surface area contributed by atoms with Crippen molar-refractivity contribution in [2.45, 2.75) is 16.9 Å². The van der Waals surface area contributed by atoms with E-state index in [4.69, 9.17) is 11.6 Å². The molecule has 0 amide bonds. The summed E-state index contributed by atoms with van der Waals surface area (Å²) < 4.78 is 36.6. The molecule has 0 fully saturated rings. The van der Waals surface area contributed by atoms with Gasteiger partial charge in [-0.1, -0.05) is 17.7 Å². The van der Waals surface area contributed by atoms with Gasteiger partial charge in [0.2, 0.25) is 0 Å². The minimum Gasteiger partial charge on any atom is -0.506 e. The number of hydrogen-bond acceptors (Lipinski definition) is 3. The van der Waals surface area contributed by atoms with Crippen LogP contribution in [0.4, 0.5) is 18.9 Å². The first-order valence-corrected chi connectivity index (χ1v) is 7.10. The molecule has 0 aliphatic rings. The standard InChI is InChI=1S/C14H11ClF3NOS/c15-12-7-9(1-6-13(12)20)8-19-10-2-4-11(5-3-10)21-14(16,17)18/h1-7,19-20H,8H2. The van der Waals surface area contributed by atoms with Gasteiger partial charge in [0.15, 0.2) is 0 Å². The SMILES string of the molecule is Oc1ccc(CNc2ccc(SC(F)(F)F)cc2)cc1Cl. The molecule has 0 aliphatic heterocycles. The summed E-state index contributed by atoms with van der Waals surface area (Å²) in [6.07, 6.45) is 0. The maximum Gasteiger partial charge on any atom is 0.446 e. The second kappa shape index (κ2) is 6.49. The molecule has 2 aromatic rings. The lowest BCUT2D eigenvalue weighted by molar-refractivity contribution is -0.0328. The molecule has 0 spiro atoms. The number of thioether (sulfide) groups is 1. The largest absolute Gasteiger partial charge is 0.506 e. The molecule has 0 saturated heterocycles. The van der Waals surface area contributed by atoms with E-state index in [1.807, 2.05) is 0 Å². The summed E-state index contributed by atoms with van der Waals surface area (Å²) in [5.74, 6) is 0.00828. The van der Waals surface area contributed by atoms with Gasteiger partial charge < -0.3 is 10.4 Å². The van der Waals surface area contributed by atoms with Crippen LogP contribution in [0.25, 0.3) is 0 Å². The number of nitrogens with one attached hydrogen (secondary N) is 1. The lowest BCUT2D eigenvalue weighted by Gasteiger charge is -2.09. The van der Waals surface area contributed by atoms with Gasteiger partial charge in [-0.05, 0) is 53.7 Å². The van der Waals surface area contributed by atoms with Crippen LogP contribution in [0.5, 0.6) is 5.75 Å². The summed E-state index contributed by atoms with van der Waals surface area (Å²) in [6.45, 7) is 0.450. The van der Waals surface area contributed by atoms with Crippen molar-refractivity contribution in [1.82, 2.24) is 0 Å². The normalized spacial score (nSPS) is 11.4. The lowest BCUT2D eigenvalue weighted by Crippen LogP contribution is -2.00. The van der Waals surface area contributed by atoms with Crippen LogP contribution >= 0.6 is 23.4 Å². The van der Waals surface area contributed by atoms with E-state index in [1.54, 1.807) is 24.3 Å². The van der Waals surface area contributed by atoms with E-state index in [1.165, 1.54) is 18.2 Å². The maximum absolute atomic E-state index is 12.2. The third-order valence-corrected chi connectivity index (χ3v) is 3.64. The summed E-state index contributed by atoms with van der Waals surface area (Å²) in [5.41, 5.74) is -2.73. The second-order valence-corrected chi connectivity index (χ2v) is 5.76. The van der Waals surface area contributed by atoms with Gasteiger partial charge >= 0.3 is 5.51 Å². The first-order valence-electron chi connectivity index (χ1n) is 5.90. The highest BCUT2D eigenvalue weighted by atomic mass is 35.5. The van der Waals surface area contributed by atoms with E-state index in [2.05, 4.69) is 5.32 Å². The van der Waals surface area contributed by atoms with Crippen molar-refractivity contribution < 1.29 is 18.3 Å². The molecular formula is C14H11ClF3NOS.